The molecule has 0 saturated carbocycles. The fourth-order valence-corrected chi connectivity index (χ4v) is 3.99. The SMILES string of the molecule is CCCNC(=O)N1CCN(c2cc(Cl)nc(SCC(=O)NCc3ccc(F)cc3)n2)CC1. The van der Waals surface area contributed by atoms with Crippen LogP contribution in [0.2, 0.25) is 5.15 Å². The molecule has 3 amide bonds. The normalized spacial score (nSPS) is 13.7. The Labute approximate surface area is 195 Å². The van der Waals surface area contributed by atoms with E-state index < -0.39 is 0 Å². The van der Waals surface area contributed by atoms with Gasteiger partial charge in [0.15, 0.2) is 5.16 Å². The number of hydrogen-bond acceptors (Lipinski definition) is 6. The monoisotopic (exact) mass is 480 g/mol. The van der Waals surface area contributed by atoms with Crippen LogP contribution >= 0.6 is 23.4 Å². The lowest BCUT2D eigenvalue weighted by Gasteiger charge is -2.35. The minimum absolute atomic E-state index is 0.0462. The lowest BCUT2D eigenvalue weighted by Crippen LogP contribution is -2.52. The summed E-state index contributed by atoms with van der Waals surface area (Å²) in [5, 5.41) is 6.38. The van der Waals surface area contributed by atoms with Crippen LogP contribution in [0.25, 0.3) is 0 Å². The second-order valence-corrected chi connectivity index (χ2v) is 8.56. The Bertz CT molecular complexity index is 925. The quantitative estimate of drug-likeness (QED) is 0.343. The van der Waals surface area contributed by atoms with Crippen molar-refractivity contribution >= 4 is 41.1 Å². The van der Waals surface area contributed by atoms with Crippen LogP contribution in [0.15, 0.2) is 35.5 Å². The van der Waals surface area contributed by atoms with Crippen LogP contribution in [-0.2, 0) is 11.3 Å². The first-order chi connectivity index (χ1) is 15.4. The highest BCUT2D eigenvalue weighted by Crippen LogP contribution is 2.23. The standard InChI is InChI=1S/C21H26ClFN6O2S/c1-2-7-24-21(31)29-10-8-28(9-11-29)18-12-17(22)26-20(27-18)32-14-19(30)25-13-15-3-5-16(23)6-4-15/h3-6,12H,2,7-11,13-14H2,1H3,(H,24,31)(H,25,30). The van der Waals surface area contributed by atoms with E-state index in [1.807, 2.05) is 6.92 Å². The zero-order valence-electron chi connectivity index (χ0n) is 17.8. The molecule has 8 nitrogen and oxygen atoms in total. The Morgan fingerprint density at radius 2 is 1.84 bits per heavy atom. The average Bonchev–Trinajstić information content (AvgIpc) is 2.80. The van der Waals surface area contributed by atoms with Crippen molar-refractivity contribution in [3.05, 3.63) is 46.9 Å². The van der Waals surface area contributed by atoms with Gasteiger partial charge in [0, 0.05) is 45.3 Å². The molecule has 11 heteroatoms. The lowest BCUT2D eigenvalue weighted by atomic mass is 10.2. The molecule has 1 aromatic heterocycles. The highest BCUT2D eigenvalue weighted by atomic mass is 35.5. The molecular weight excluding hydrogens is 455 g/mol. The van der Waals surface area contributed by atoms with E-state index in [-0.39, 0.29) is 23.5 Å². The third kappa shape index (κ3) is 7.23. The predicted octanol–water partition coefficient (Wildman–Crippen LogP) is 2.92. The summed E-state index contributed by atoms with van der Waals surface area (Å²) >= 11 is 7.37. The summed E-state index contributed by atoms with van der Waals surface area (Å²) in [7, 11) is 0. The van der Waals surface area contributed by atoms with Crippen LogP contribution in [-0.4, -0.2) is 65.3 Å². The van der Waals surface area contributed by atoms with Gasteiger partial charge in [0.1, 0.15) is 16.8 Å². The molecule has 1 aliphatic heterocycles. The fourth-order valence-electron chi connectivity index (χ4n) is 3.08. The topological polar surface area (TPSA) is 90.5 Å². The molecule has 0 aliphatic carbocycles. The van der Waals surface area contributed by atoms with Crippen molar-refractivity contribution in [1.82, 2.24) is 25.5 Å². The summed E-state index contributed by atoms with van der Waals surface area (Å²) in [4.78, 5) is 36.8. The largest absolute Gasteiger partial charge is 0.353 e. The number of nitrogens with one attached hydrogen (secondary N) is 2. The van der Waals surface area contributed by atoms with E-state index in [2.05, 4.69) is 25.5 Å². The summed E-state index contributed by atoms with van der Waals surface area (Å²) in [5.41, 5.74) is 0.813. The number of hydrogen-bond donors (Lipinski definition) is 2. The zero-order valence-corrected chi connectivity index (χ0v) is 19.4. The maximum atomic E-state index is 13.0. The number of carbonyl (C=O) groups excluding carboxylic acids is 2. The van der Waals surface area contributed by atoms with Gasteiger partial charge in [-0.15, -0.1) is 0 Å². The number of carbonyl (C=O) groups is 2. The van der Waals surface area contributed by atoms with Crippen molar-refractivity contribution in [2.75, 3.05) is 43.4 Å². The maximum Gasteiger partial charge on any atom is 0.317 e. The number of halogens is 2. The van der Waals surface area contributed by atoms with E-state index >= 15 is 0 Å². The van der Waals surface area contributed by atoms with Gasteiger partial charge in [-0.05, 0) is 24.1 Å². The Balaban J connectivity index is 1.49. The highest BCUT2D eigenvalue weighted by molar-refractivity contribution is 7.99. The first kappa shape index (κ1) is 24.1. The van der Waals surface area contributed by atoms with Crippen molar-refractivity contribution in [1.29, 1.82) is 0 Å². The number of aromatic nitrogens is 2. The van der Waals surface area contributed by atoms with Gasteiger partial charge in [0.25, 0.3) is 0 Å². The van der Waals surface area contributed by atoms with Crippen LogP contribution in [0, 0.1) is 5.82 Å². The van der Waals surface area contributed by atoms with E-state index in [4.69, 9.17) is 11.6 Å². The number of thioether (sulfide) groups is 1. The van der Waals surface area contributed by atoms with E-state index in [1.165, 1.54) is 23.9 Å². The summed E-state index contributed by atoms with van der Waals surface area (Å²) < 4.78 is 13.0. The molecule has 2 heterocycles. The molecule has 0 radical (unpaired) electrons. The Kier molecular flexibility index (Phi) is 8.92. The molecular formula is C21H26ClFN6O2S. The van der Waals surface area contributed by atoms with Crippen LogP contribution in [0.3, 0.4) is 0 Å². The first-order valence-electron chi connectivity index (χ1n) is 10.4. The van der Waals surface area contributed by atoms with Gasteiger partial charge in [0.05, 0.1) is 5.75 Å². The first-order valence-corrected chi connectivity index (χ1v) is 11.8. The molecule has 0 unspecified atom stereocenters. The minimum Gasteiger partial charge on any atom is -0.353 e. The van der Waals surface area contributed by atoms with Gasteiger partial charge in [0.2, 0.25) is 5.91 Å². The van der Waals surface area contributed by atoms with Crippen molar-refractivity contribution in [2.24, 2.45) is 0 Å². The summed E-state index contributed by atoms with van der Waals surface area (Å²) in [6.07, 6.45) is 0.899. The maximum absolute atomic E-state index is 13.0. The van der Waals surface area contributed by atoms with Crippen LogP contribution < -0.4 is 15.5 Å². The number of amides is 3. The van der Waals surface area contributed by atoms with Gasteiger partial charge in [-0.25, -0.2) is 19.2 Å². The summed E-state index contributed by atoms with van der Waals surface area (Å²) in [6.45, 7) is 5.44. The molecule has 0 spiro atoms. The van der Waals surface area contributed by atoms with Gasteiger partial charge in [-0.2, -0.15) is 0 Å². The Morgan fingerprint density at radius 3 is 2.53 bits per heavy atom. The summed E-state index contributed by atoms with van der Waals surface area (Å²) in [6, 6.07) is 7.61. The number of nitrogens with zero attached hydrogens (tertiary/aromatic N) is 4. The van der Waals surface area contributed by atoms with Crippen molar-refractivity contribution in [3.8, 4) is 0 Å². The van der Waals surface area contributed by atoms with Crippen LogP contribution in [0.4, 0.5) is 15.0 Å². The van der Waals surface area contributed by atoms with E-state index in [0.717, 1.165) is 12.0 Å². The number of piperazine rings is 1. The number of rotatable bonds is 8. The molecule has 1 aliphatic rings. The van der Waals surface area contributed by atoms with Gasteiger partial charge in [-0.1, -0.05) is 42.4 Å². The molecule has 2 aromatic rings. The molecule has 0 atom stereocenters. The molecule has 172 valence electrons. The Hall–Kier alpha value is -2.59. The second-order valence-electron chi connectivity index (χ2n) is 7.23. The molecule has 1 saturated heterocycles. The molecule has 1 fully saturated rings. The van der Waals surface area contributed by atoms with Crippen LogP contribution in [0.5, 0.6) is 0 Å². The van der Waals surface area contributed by atoms with E-state index in [9.17, 15) is 14.0 Å². The molecule has 0 bridgehead atoms. The van der Waals surface area contributed by atoms with Gasteiger partial charge < -0.3 is 20.4 Å². The predicted molar refractivity (Wildman–Crippen MR) is 123 cm³/mol. The van der Waals surface area contributed by atoms with Crippen molar-refractivity contribution in [2.45, 2.75) is 25.0 Å². The number of benzene rings is 1. The van der Waals surface area contributed by atoms with E-state index in [1.54, 1.807) is 23.1 Å². The smallest absolute Gasteiger partial charge is 0.317 e. The molecule has 1 aromatic carbocycles. The molecule has 2 N–H and O–H groups in total. The summed E-state index contributed by atoms with van der Waals surface area (Å²) in [5.74, 6) is 0.307. The second kappa shape index (κ2) is 11.9. The van der Waals surface area contributed by atoms with E-state index in [0.29, 0.717) is 55.4 Å². The fraction of sp³-hybridized carbons (Fsp3) is 0.429. The van der Waals surface area contributed by atoms with Crippen molar-refractivity contribution in [3.63, 3.8) is 0 Å². The highest BCUT2D eigenvalue weighted by Gasteiger charge is 2.22. The third-order valence-electron chi connectivity index (χ3n) is 4.81. The lowest BCUT2D eigenvalue weighted by molar-refractivity contribution is -0.118. The number of urea groups is 1. The zero-order chi connectivity index (χ0) is 22.9. The number of anilines is 1. The van der Waals surface area contributed by atoms with Gasteiger partial charge >= 0.3 is 6.03 Å². The Morgan fingerprint density at radius 1 is 1.12 bits per heavy atom. The minimum atomic E-state index is -0.314. The average molecular weight is 481 g/mol. The molecule has 32 heavy (non-hydrogen) atoms. The molecule has 3 rings (SSSR count). The third-order valence-corrected chi connectivity index (χ3v) is 5.85. The van der Waals surface area contributed by atoms with Crippen molar-refractivity contribution < 1.29 is 14.0 Å². The van der Waals surface area contributed by atoms with Gasteiger partial charge in [-0.3, -0.25) is 4.79 Å². The van der Waals surface area contributed by atoms with Crippen LogP contribution in [0.1, 0.15) is 18.9 Å².